The van der Waals surface area contributed by atoms with Gasteiger partial charge in [-0.3, -0.25) is 4.79 Å². The number of benzene rings is 1. The van der Waals surface area contributed by atoms with Crippen molar-refractivity contribution >= 4 is 40.4 Å². The molecule has 1 fully saturated rings. The van der Waals surface area contributed by atoms with Crippen molar-refractivity contribution in [3.05, 3.63) is 44.8 Å². The molecule has 1 amide bonds. The lowest BCUT2D eigenvalue weighted by molar-refractivity contribution is 0.0795. The summed E-state index contributed by atoms with van der Waals surface area (Å²) in [5.74, 6) is 0.0647. The molecule has 116 valence electrons. The number of nitrogens with zero attached hydrogens (tertiary/aromatic N) is 1. The molecule has 6 heteroatoms. The maximum atomic E-state index is 12.6. The molecule has 3 rings (SSSR count). The Morgan fingerprint density at radius 2 is 1.95 bits per heavy atom. The van der Waals surface area contributed by atoms with Crippen LogP contribution in [0, 0.1) is 6.92 Å². The molecule has 1 aromatic carbocycles. The Morgan fingerprint density at radius 3 is 2.55 bits per heavy atom. The van der Waals surface area contributed by atoms with Crippen LogP contribution in [0.3, 0.4) is 0 Å². The molecule has 0 spiro atoms. The van der Waals surface area contributed by atoms with Crippen LogP contribution in [0.4, 0.5) is 0 Å². The Balaban J connectivity index is 1.92. The topological polar surface area (TPSA) is 46.3 Å². The van der Waals surface area contributed by atoms with Crippen molar-refractivity contribution in [3.63, 3.8) is 0 Å². The molecule has 2 N–H and O–H groups in total. The molecule has 2 heterocycles. The van der Waals surface area contributed by atoms with E-state index in [0.717, 1.165) is 33.8 Å². The Hall–Kier alpha value is -1.07. The van der Waals surface area contributed by atoms with E-state index < -0.39 is 0 Å². The van der Waals surface area contributed by atoms with E-state index >= 15 is 0 Å². The number of halogens is 2. The summed E-state index contributed by atoms with van der Waals surface area (Å²) < 4.78 is 0. The van der Waals surface area contributed by atoms with Gasteiger partial charge in [-0.05, 0) is 48.7 Å². The third kappa shape index (κ3) is 3.15. The summed E-state index contributed by atoms with van der Waals surface area (Å²) in [4.78, 5) is 16.2. The Bertz CT molecular complexity index is 709. The summed E-state index contributed by atoms with van der Waals surface area (Å²) in [5.41, 5.74) is 7.80. The first kappa shape index (κ1) is 15.8. The summed E-state index contributed by atoms with van der Waals surface area (Å²) >= 11 is 13.6. The molecule has 0 saturated carbocycles. The van der Waals surface area contributed by atoms with Crippen LogP contribution < -0.4 is 5.73 Å². The highest BCUT2D eigenvalue weighted by Crippen LogP contribution is 2.35. The smallest absolute Gasteiger partial charge is 0.264 e. The minimum Gasteiger partial charge on any atom is -0.336 e. The molecule has 0 aliphatic carbocycles. The second kappa shape index (κ2) is 6.20. The van der Waals surface area contributed by atoms with Crippen molar-refractivity contribution in [3.8, 4) is 10.4 Å². The second-order valence-electron chi connectivity index (χ2n) is 5.58. The molecule has 1 atom stereocenters. The first-order valence-electron chi connectivity index (χ1n) is 7.06. The monoisotopic (exact) mass is 354 g/mol. The van der Waals surface area contributed by atoms with Gasteiger partial charge in [-0.25, -0.2) is 0 Å². The number of hydrogen-bond donors (Lipinski definition) is 1. The molecule has 0 radical (unpaired) electrons. The number of rotatable bonds is 2. The van der Waals surface area contributed by atoms with Gasteiger partial charge in [-0.1, -0.05) is 23.2 Å². The van der Waals surface area contributed by atoms with Crippen LogP contribution in [0.5, 0.6) is 0 Å². The first-order valence-corrected chi connectivity index (χ1v) is 8.63. The Morgan fingerprint density at radius 1 is 1.27 bits per heavy atom. The number of aryl methyl sites for hydroxylation is 1. The fraction of sp³-hybridized carbons (Fsp3) is 0.312. The number of hydrogen-bond acceptors (Lipinski definition) is 3. The summed E-state index contributed by atoms with van der Waals surface area (Å²) in [5, 5.41) is 1.18. The molecule has 3 nitrogen and oxygen atoms in total. The van der Waals surface area contributed by atoms with Crippen LogP contribution in [-0.4, -0.2) is 29.9 Å². The zero-order valence-corrected chi connectivity index (χ0v) is 14.4. The van der Waals surface area contributed by atoms with Crippen LogP contribution in [0.1, 0.15) is 21.7 Å². The van der Waals surface area contributed by atoms with Gasteiger partial charge in [-0.2, -0.15) is 0 Å². The SMILES string of the molecule is Cc1cc(-c2cc(Cl)cc(Cl)c2)sc1C(=O)N1CC[C@H](N)C1. The lowest BCUT2D eigenvalue weighted by Crippen LogP contribution is -2.31. The number of amides is 1. The lowest BCUT2D eigenvalue weighted by Gasteiger charge is -2.15. The summed E-state index contributed by atoms with van der Waals surface area (Å²) in [7, 11) is 0. The molecular formula is C16H16Cl2N2OS. The summed E-state index contributed by atoms with van der Waals surface area (Å²) in [6.45, 7) is 3.32. The van der Waals surface area contributed by atoms with Crippen molar-refractivity contribution in [1.82, 2.24) is 4.90 Å². The highest BCUT2D eigenvalue weighted by molar-refractivity contribution is 7.17. The molecule has 1 aromatic heterocycles. The Labute approximate surface area is 143 Å². The van der Waals surface area contributed by atoms with Crippen LogP contribution in [-0.2, 0) is 0 Å². The predicted octanol–water partition coefficient (Wildman–Crippen LogP) is 4.20. The van der Waals surface area contributed by atoms with Crippen LogP contribution >= 0.6 is 34.5 Å². The van der Waals surface area contributed by atoms with Gasteiger partial charge in [0, 0.05) is 34.1 Å². The van der Waals surface area contributed by atoms with Crippen molar-refractivity contribution in [1.29, 1.82) is 0 Å². The van der Waals surface area contributed by atoms with E-state index in [2.05, 4.69) is 0 Å². The number of carbonyl (C=O) groups is 1. The van der Waals surface area contributed by atoms with Gasteiger partial charge in [0.1, 0.15) is 0 Å². The quantitative estimate of drug-likeness (QED) is 0.877. The third-order valence-electron chi connectivity index (χ3n) is 3.77. The summed E-state index contributed by atoms with van der Waals surface area (Å²) in [6, 6.07) is 7.52. The molecule has 1 aliphatic heterocycles. The van der Waals surface area contributed by atoms with Gasteiger partial charge in [0.15, 0.2) is 0 Å². The van der Waals surface area contributed by atoms with Gasteiger partial charge >= 0.3 is 0 Å². The molecule has 0 bridgehead atoms. The molecule has 1 saturated heterocycles. The van der Waals surface area contributed by atoms with Crippen molar-refractivity contribution in [2.45, 2.75) is 19.4 Å². The highest BCUT2D eigenvalue weighted by atomic mass is 35.5. The van der Waals surface area contributed by atoms with Crippen LogP contribution in [0.25, 0.3) is 10.4 Å². The number of thiophene rings is 1. The number of nitrogens with two attached hydrogens (primary N) is 1. The predicted molar refractivity (Wildman–Crippen MR) is 93.0 cm³/mol. The van der Waals surface area contributed by atoms with Crippen molar-refractivity contribution in [2.75, 3.05) is 13.1 Å². The van der Waals surface area contributed by atoms with E-state index in [1.54, 1.807) is 6.07 Å². The number of carbonyl (C=O) groups excluding carboxylic acids is 1. The van der Waals surface area contributed by atoms with E-state index in [1.807, 2.05) is 30.0 Å². The molecule has 2 aromatic rings. The van der Waals surface area contributed by atoms with Gasteiger partial charge in [0.05, 0.1) is 4.88 Å². The van der Waals surface area contributed by atoms with Crippen molar-refractivity contribution < 1.29 is 4.79 Å². The standard InChI is InChI=1S/C16H16Cl2N2OS/c1-9-4-14(10-5-11(17)7-12(18)6-10)22-15(9)16(21)20-3-2-13(19)8-20/h4-7,13H,2-3,8,19H2,1H3/t13-/m0/s1. The fourth-order valence-electron chi connectivity index (χ4n) is 2.65. The summed E-state index contributed by atoms with van der Waals surface area (Å²) in [6.07, 6.45) is 0.868. The second-order valence-corrected chi connectivity index (χ2v) is 7.51. The van der Waals surface area contributed by atoms with Gasteiger partial charge < -0.3 is 10.6 Å². The van der Waals surface area contributed by atoms with E-state index in [-0.39, 0.29) is 11.9 Å². The Kier molecular flexibility index (Phi) is 4.46. The normalized spacial score (nSPS) is 18.0. The van der Waals surface area contributed by atoms with Gasteiger partial charge in [0.25, 0.3) is 5.91 Å². The van der Waals surface area contributed by atoms with E-state index in [1.165, 1.54) is 11.3 Å². The molecule has 0 unspecified atom stereocenters. The van der Waals surface area contributed by atoms with Crippen LogP contribution in [0.15, 0.2) is 24.3 Å². The number of likely N-dealkylation sites (tertiary alicyclic amines) is 1. The lowest BCUT2D eigenvalue weighted by atomic mass is 10.1. The van der Waals surface area contributed by atoms with Crippen molar-refractivity contribution in [2.24, 2.45) is 5.73 Å². The largest absolute Gasteiger partial charge is 0.336 e. The van der Waals surface area contributed by atoms with E-state index in [9.17, 15) is 4.79 Å². The highest BCUT2D eigenvalue weighted by Gasteiger charge is 2.27. The minimum atomic E-state index is 0.0647. The third-order valence-corrected chi connectivity index (χ3v) is 5.48. The average Bonchev–Trinajstić information content (AvgIpc) is 3.03. The van der Waals surface area contributed by atoms with E-state index in [4.69, 9.17) is 28.9 Å². The van der Waals surface area contributed by atoms with Crippen LogP contribution in [0.2, 0.25) is 10.0 Å². The molecule has 1 aliphatic rings. The van der Waals surface area contributed by atoms with E-state index in [0.29, 0.717) is 16.6 Å². The maximum absolute atomic E-state index is 12.6. The van der Waals surface area contributed by atoms with Gasteiger partial charge in [0.2, 0.25) is 0 Å². The molecule has 22 heavy (non-hydrogen) atoms. The average molecular weight is 355 g/mol. The zero-order valence-electron chi connectivity index (χ0n) is 12.1. The maximum Gasteiger partial charge on any atom is 0.264 e. The zero-order chi connectivity index (χ0) is 15.9. The first-order chi connectivity index (χ1) is 10.4. The fourth-order valence-corrected chi connectivity index (χ4v) is 4.30. The minimum absolute atomic E-state index is 0.0647. The molecular weight excluding hydrogens is 339 g/mol. The van der Waals surface area contributed by atoms with Gasteiger partial charge in [-0.15, -0.1) is 11.3 Å².